The summed E-state index contributed by atoms with van der Waals surface area (Å²) in [7, 11) is -4.00. The van der Waals surface area contributed by atoms with Gasteiger partial charge in [-0.2, -0.15) is 0 Å². The first-order chi connectivity index (χ1) is 13.8. The van der Waals surface area contributed by atoms with E-state index >= 15 is 0 Å². The molecule has 1 aliphatic heterocycles. The van der Waals surface area contributed by atoms with Gasteiger partial charge in [0.15, 0.2) is 0 Å². The van der Waals surface area contributed by atoms with Gasteiger partial charge in [-0.15, -0.1) is 0 Å². The molecule has 2 heterocycles. The van der Waals surface area contributed by atoms with Crippen molar-refractivity contribution in [3.63, 3.8) is 0 Å². The van der Waals surface area contributed by atoms with Crippen LogP contribution in [0.25, 0.3) is 0 Å². The topological polar surface area (TPSA) is 79.4 Å². The molecule has 0 aliphatic carbocycles. The normalized spacial score (nSPS) is 19.0. The molecule has 0 bridgehead atoms. The Morgan fingerprint density at radius 3 is 2.43 bits per heavy atom. The number of benzene rings is 1. The van der Waals surface area contributed by atoms with Crippen molar-refractivity contribution in [2.45, 2.75) is 54.9 Å². The van der Waals surface area contributed by atoms with E-state index in [0.717, 1.165) is 17.4 Å². The molecule has 1 amide bonds. The van der Waals surface area contributed by atoms with Gasteiger partial charge in [0.2, 0.25) is 0 Å². The van der Waals surface area contributed by atoms with Crippen LogP contribution < -0.4 is 14.0 Å². The first-order valence-electron chi connectivity index (χ1n) is 10.2. The van der Waals surface area contributed by atoms with E-state index in [1.165, 1.54) is 0 Å². The van der Waals surface area contributed by atoms with E-state index in [1.807, 2.05) is 12.1 Å². The Bertz CT molecular complexity index is 1060. The monoisotopic (exact) mass is 491 g/mol. The Balaban J connectivity index is 1.97. The van der Waals surface area contributed by atoms with E-state index in [2.05, 4.69) is 52.6 Å². The molecule has 1 atom stereocenters. The zero-order valence-electron chi connectivity index (χ0n) is 18.6. The number of amides is 1. The molecular weight excluding hydrogens is 459 g/mol. The summed E-state index contributed by atoms with van der Waals surface area (Å²) >= 11 is -2.47. The molecule has 8 heteroatoms. The van der Waals surface area contributed by atoms with Gasteiger partial charge in [-0.05, 0) is 0 Å². The molecule has 3 rings (SSSR count). The van der Waals surface area contributed by atoms with Gasteiger partial charge >= 0.3 is 183 Å². The maximum atomic E-state index is 13.2. The number of hydrogen-bond acceptors (Lipinski definition) is 5. The van der Waals surface area contributed by atoms with Gasteiger partial charge in [0, 0.05) is 0 Å². The summed E-state index contributed by atoms with van der Waals surface area (Å²) in [5, 5.41) is 0. The van der Waals surface area contributed by atoms with Crippen LogP contribution in [-0.4, -0.2) is 44.7 Å². The number of hydrogen-bond donors (Lipinski definition) is 1. The Labute approximate surface area is 182 Å². The zero-order chi connectivity index (χ0) is 22.3. The molecule has 30 heavy (non-hydrogen) atoms. The third-order valence-electron chi connectivity index (χ3n) is 5.57. The second-order valence-corrected chi connectivity index (χ2v) is 22.0. The number of carbonyl (C=O) groups is 1. The fourth-order valence-electron chi connectivity index (χ4n) is 4.30. The summed E-state index contributed by atoms with van der Waals surface area (Å²) in [5.41, 5.74) is 0.117. The van der Waals surface area contributed by atoms with Crippen molar-refractivity contribution in [3.05, 3.63) is 48.2 Å². The van der Waals surface area contributed by atoms with Crippen molar-refractivity contribution in [2.75, 3.05) is 11.4 Å². The number of pyridine rings is 1. The maximum absolute atomic E-state index is 13.2. The molecule has 162 valence electrons. The number of anilines is 1. The molecule has 6 nitrogen and oxygen atoms in total. The molecule has 1 aromatic heterocycles. The van der Waals surface area contributed by atoms with Crippen LogP contribution in [-0.2, 0) is 10.0 Å². The van der Waals surface area contributed by atoms with E-state index in [9.17, 15) is 13.2 Å². The second kappa shape index (κ2) is 8.00. The van der Waals surface area contributed by atoms with Crippen LogP contribution in [0.4, 0.5) is 5.82 Å². The minimum absolute atomic E-state index is 0.159. The number of sulfonamides is 1. The van der Waals surface area contributed by atoms with Crippen molar-refractivity contribution in [2.24, 2.45) is 5.92 Å². The standard InChI is InChI=1S/C22H31GeN3O3S/c1-16-14-22(2,3)26(15-16)20-17(10-9-13-24-20)21(27)25-30(28,29)19-12-8-7-11-18(19)23(4,5)6/h7-13,16H,14-15H2,1-6H3,(H,25,27)/t16-/m0/s1. The Morgan fingerprint density at radius 2 is 1.83 bits per heavy atom. The van der Waals surface area contributed by atoms with Crippen molar-refractivity contribution in [1.82, 2.24) is 9.71 Å². The number of nitrogens with zero attached hydrogens (tertiary/aromatic N) is 2. The summed E-state index contributed by atoms with van der Waals surface area (Å²) < 4.78 is 29.5. The van der Waals surface area contributed by atoms with E-state index in [1.54, 1.807) is 30.5 Å². The summed E-state index contributed by atoms with van der Waals surface area (Å²) in [4.78, 5) is 19.9. The predicted molar refractivity (Wildman–Crippen MR) is 124 cm³/mol. The second-order valence-electron chi connectivity index (χ2n) is 9.79. The third kappa shape index (κ3) is 4.57. The van der Waals surface area contributed by atoms with Crippen LogP contribution in [0.1, 0.15) is 37.6 Å². The molecule has 1 aliphatic rings. The molecular formula is C22H31GeN3O3S. The predicted octanol–water partition coefficient (Wildman–Crippen LogP) is 3.37. The SMILES string of the molecule is C[C@@H]1CN(c2ncccc2C(=O)NS(=O)(=O)c2cccc[c]2[Ge]([CH3])([CH3])[CH3])C(C)(C)C1. The van der Waals surface area contributed by atoms with Crippen LogP contribution in [0, 0.1) is 5.92 Å². The van der Waals surface area contributed by atoms with Crippen LogP contribution in [0.15, 0.2) is 47.5 Å². The van der Waals surface area contributed by atoms with Crippen LogP contribution >= 0.6 is 0 Å². The van der Waals surface area contributed by atoms with Crippen LogP contribution in [0.3, 0.4) is 0 Å². The molecule has 0 saturated carbocycles. The summed E-state index contributed by atoms with van der Waals surface area (Å²) in [6, 6.07) is 10.3. The van der Waals surface area contributed by atoms with Gasteiger partial charge < -0.3 is 0 Å². The van der Waals surface area contributed by atoms with Crippen molar-refractivity contribution >= 4 is 39.4 Å². The van der Waals surface area contributed by atoms with Crippen LogP contribution in [0.2, 0.25) is 17.3 Å². The van der Waals surface area contributed by atoms with Crippen molar-refractivity contribution in [3.8, 4) is 0 Å². The Morgan fingerprint density at radius 1 is 1.17 bits per heavy atom. The molecule has 0 spiro atoms. The van der Waals surface area contributed by atoms with Gasteiger partial charge in [-0.1, -0.05) is 0 Å². The van der Waals surface area contributed by atoms with Gasteiger partial charge in [0.1, 0.15) is 0 Å². The molecule has 1 fully saturated rings. The average molecular weight is 490 g/mol. The average Bonchev–Trinajstić information content (AvgIpc) is 2.92. The number of nitrogens with one attached hydrogen (secondary N) is 1. The molecule has 0 unspecified atom stereocenters. The van der Waals surface area contributed by atoms with Gasteiger partial charge in [0.05, 0.1) is 0 Å². The van der Waals surface area contributed by atoms with Gasteiger partial charge in [-0.3, -0.25) is 0 Å². The molecule has 2 aromatic rings. The van der Waals surface area contributed by atoms with Crippen molar-refractivity contribution < 1.29 is 13.2 Å². The van der Waals surface area contributed by atoms with Gasteiger partial charge in [-0.25, -0.2) is 0 Å². The van der Waals surface area contributed by atoms with Crippen LogP contribution in [0.5, 0.6) is 0 Å². The van der Waals surface area contributed by atoms with E-state index in [4.69, 9.17) is 0 Å². The van der Waals surface area contributed by atoms with E-state index < -0.39 is 29.2 Å². The van der Waals surface area contributed by atoms with Crippen molar-refractivity contribution in [1.29, 1.82) is 0 Å². The molecule has 1 aromatic carbocycles. The Kier molecular flexibility index (Phi) is 6.08. The zero-order valence-corrected chi connectivity index (χ0v) is 21.5. The Hall–Kier alpha value is -1.87. The molecule has 1 N–H and O–H groups in total. The third-order valence-corrected chi connectivity index (χ3v) is 11.6. The number of aromatic nitrogens is 1. The fraction of sp³-hybridized carbons (Fsp3) is 0.455. The van der Waals surface area contributed by atoms with E-state index in [-0.39, 0.29) is 16.0 Å². The fourth-order valence-corrected chi connectivity index (χ4v) is 10.8. The summed E-state index contributed by atoms with van der Waals surface area (Å²) in [5.74, 6) is 6.74. The number of rotatable bonds is 5. The summed E-state index contributed by atoms with van der Waals surface area (Å²) in [6.07, 6.45) is 2.62. The van der Waals surface area contributed by atoms with E-state index in [0.29, 0.717) is 11.7 Å². The quantitative estimate of drug-likeness (QED) is 0.651. The first-order valence-corrected chi connectivity index (χ1v) is 19.0. The molecule has 0 radical (unpaired) electrons. The number of carbonyl (C=O) groups excluding carboxylic acids is 1. The minimum atomic E-state index is -4.00. The first kappa shape index (κ1) is 22.8. The molecule has 1 saturated heterocycles. The summed E-state index contributed by atoms with van der Waals surface area (Å²) in [6.45, 7) is 7.19. The van der Waals surface area contributed by atoms with Gasteiger partial charge in [0.25, 0.3) is 0 Å².